The van der Waals surface area contributed by atoms with Crippen molar-refractivity contribution in [3.63, 3.8) is 0 Å². The Morgan fingerprint density at radius 2 is 0.807 bits per heavy atom. The van der Waals surface area contributed by atoms with Crippen LogP contribution < -0.4 is 5.32 Å². The van der Waals surface area contributed by atoms with E-state index in [-0.39, 0.29) is 18.5 Å². The van der Waals surface area contributed by atoms with Crippen LogP contribution in [0.15, 0.2) is 12.2 Å². The first-order valence-corrected chi connectivity index (χ1v) is 25.5. The van der Waals surface area contributed by atoms with Crippen LogP contribution >= 0.6 is 0 Å². The molecule has 1 amide bonds. The number of carbonyl (C=O) groups is 2. The number of rotatable bonds is 47. The number of hydrogen-bond acceptors (Lipinski definition) is 5. The lowest BCUT2D eigenvalue weighted by atomic mass is 10.0. The molecule has 0 rings (SSSR count). The number of carbonyl (C=O) groups excluding carboxylic acids is 2. The van der Waals surface area contributed by atoms with Crippen LogP contribution in [0, 0.1) is 0 Å². The Labute approximate surface area is 355 Å². The molecule has 0 fully saturated rings. The Bertz CT molecular complexity index is 847. The van der Waals surface area contributed by atoms with Crippen LogP contribution in [0.1, 0.15) is 277 Å². The van der Waals surface area contributed by atoms with Crippen LogP contribution in [0.2, 0.25) is 0 Å². The van der Waals surface area contributed by atoms with Gasteiger partial charge in [0.25, 0.3) is 0 Å². The molecule has 6 nitrogen and oxygen atoms in total. The van der Waals surface area contributed by atoms with E-state index in [4.69, 9.17) is 4.74 Å². The van der Waals surface area contributed by atoms with E-state index >= 15 is 0 Å². The fourth-order valence-electron chi connectivity index (χ4n) is 7.87. The number of aliphatic hydroxyl groups is 2. The number of aliphatic hydroxyl groups excluding tert-OH is 2. The predicted octanol–water partition coefficient (Wildman–Crippen LogP) is 15.0. The molecule has 0 aliphatic carbocycles. The molecule has 0 aromatic carbocycles. The van der Waals surface area contributed by atoms with E-state index in [1.165, 1.54) is 212 Å². The number of amides is 1. The number of allylic oxidation sites excluding steroid dienone is 1. The predicted molar refractivity (Wildman–Crippen MR) is 246 cm³/mol. The van der Waals surface area contributed by atoms with Gasteiger partial charge in [0.1, 0.15) is 0 Å². The van der Waals surface area contributed by atoms with Gasteiger partial charge in [0.05, 0.1) is 25.4 Å². The second-order valence-corrected chi connectivity index (χ2v) is 17.5. The van der Waals surface area contributed by atoms with E-state index in [2.05, 4.69) is 19.2 Å². The van der Waals surface area contributed by atoms with E-state index < -0.39 is 12.1 Å². The van der Waals surface area contributed by atoms with Gasteiger partial charge in [0.15, 0.2) is 0 Å². The molecule has 0 aromatic rings. The Balaban J connectivity index is 3.40. The Hall–Kier alpha value is -1.40. The molecular weight excluding hydrogens is 707 g/mol. The molecule has 0 saturated heterocycles. The molecule has 2 atom stereocenters. The van der Waals surface area contributed by atoms with Gasteiger partial charge in [-0.1, -0.05) is 244 Å². The molecule has 6 heteroatoms. The topological polar surface area (TPSA) is 95.9 Å². The van der Waals surface area contributed by atoms with Crippen molar-refractivity contribution in [1.82, 2.24) is 5.32 Å². The maximum absolute atomic E-state index is 12.4. The highest BCUT2D eigenvalue weighted by atomic mass is 16.5. The molecule has 0 spiro atoms. The molecule has 338 valence electrons. The van der Waals surface area contributed by atoms with Crippen molar-refractivity contribution in [2.45, 2.75) is 289 Å². The summed E-state index contributed by atoms with van der Waals surface area (Å²) in [6.07, 6.45) is 53.6. The third-order valence-corrected chi connectivity index (χ3v) is 11.8. The van der Waals surface area contributed by atoms with Crippen molar-refractivity contribution in [2.75, 3.05) is 13.2 Å². The smallest absolute Gasteiger partial charge is 0.305 e. The number of unbranched alkanes of at least 4 members (excludes halogenated alkanes) is 36. The summed E-state index contributed by atoms with van der Waals surface area (Å²) in [6.45, 7) is 4.87. The lowest BCUT2D eigenvalue weighted by molar-refractivity contribution is -0.143. The van der Waals surface area contributed by atoms with Crippen molar-refractivity contribution in [2.24, 2.45) is 0 Å². The monoisotopic (exact) mass is 806 g/mol. The third-order valence-electron chi connectivity index (χ3n) is 11.8. The van der Waals surface area contributed by atoms with Crippen molar-refractivity contribution in [1.29, 1.82) is 0 Å². The van der Waals surface area contributed by atoms with Crippen LogP contribution in [0.3, 0.4) is 0 Å². The molecule has 0 aromatic heterocycles. The SMILES string of the molecule is CCCCCCCCCC/C=C/C(O)C(CO)NC(=O)CCCCCCCCCCCCCCCCCCCCCOC(=O)CCCCCCCCCCCCC. The van der Waals surface area contributed by atoms with E-state index in [0.717, 1.165) is 38.5 Å². The first-order valence-electron chi connectivity index (χ1n) is 25.5. The van der Waals surface area contributed by atoms with Gasteiger partial charge in [-0.25, -0.2) is 0 Å². The van der Waals surface area contributed by atoms with Gasteiger partial charge in [-0.3, -0.25) is 9.59 Å². The highest BCUT2D eigenvalue weighted by molar-refractivity contribution is 5.76. The minimum atomic E-state index is -0.843. The number of esters is 1. The number of nitrogens with one attached hydrogen (secondary N) is 1. The third kappa shape index (κ3) is 44.0. The normalized spacial score (nSPS) is 12.7. The van der Waals surface area contributed by atoms with Crippen molar-refractivity contribution < 1.29 is 24.5 Å². The van der Waals surface area contributed by atoms with Gasteiger partial charge < -0.3 is 20.3 Å². The average Bonchev–Trinajstić information content (AvgIpc) is 3.21. The summed E-state index contributed by atoms with van der Waals surface area (Å²) >= 11 is 0. The largest absolute Gasteiger partial charge is 0.466 e. The summed E-state index contributed by atoms with van der Waals surface area (Å²) in [5.74, 6) is -0.0646. The summed E-state index contributed by atoms with van der Waals surface area (Å²) in [5, 5.41) is 22.9. The average molecular weight is 806 g/mol. The maximum Gasteiger partial charge on any atom is 0.305 e. The molecule has 2 unspecified atom stereocenters. The standard InChI is InChI=1S/C51H99NO5/c1-3-5-7-9-11-13-24-29-33-37-41-45-51(56)57-46-42-38-34-30-26-23-21-19-17-15-16-18-20-22-25-28-32-36-40-44-50(55)52-48(47-53)49(54)43-39-35-31-27-14-12-10-8-6-4-2/h39,43,48-49,53-54H,3-38,40-42,44-47H2,1-2H3,(H,52,55)/b43-39+. The van der Waals surface area contributed by atoms with Gasteiger partial charge in [0.2, 0.25) is 5.91 Å². The molecule has 3 N–H and O–H groups in total. The van der Waals surface area contributed by atoms with Crippen molar-refractivity contribution in [3.05, 3.63) is 12.2 Å². The fraction of sp³-hybridized carbons (Fsp3) is 0.922. The van der Waals surface area contributed by atoms with Gasteiger partial charge in [-0.15, -0.1) is 0 Å². The fourth-order valence-corrected chi connectivity index (χ4v) is 7.87. The first kappa shape index (κ1) is 55.6. The zero-order chi connectivity index (χ0) is 41.5. The summed E-state index contributed by atoms with van der Waals surface area (Å²) < 4.78 is 5.45. The second kappa shape index (κ2) is 47.3. The van der Waals surface area contributed by atoms with Crippen LogP contribution in [-0.2, 0) is 14.3 Å². The van der Waals surface area contributed by atoms with E-state index in [1.807, 2.05) is 6.08 Å². The summed E-state index contributed by atoms with van der Waals surface area (Å²) in [6, 6.07) is -0.627. The van der Waals surface area contributed by atoms with Gasteiger partial charge in [0, 0.05) is 12.8 Å². The molecule has 0 heterocycles. The molecule has 0 aliphatic heterocycles. The summed E-state index contributed by atoms with van der Waals surface area (Å²) in [4.78, 5) is 24.3. The Kier molecular flexibility index (Phi) is 46.1. The number of ether oxygens (including phenoxy) is 1. The lowest BCUT2D eigenvalue weighted by Crippen LogP contribution is -2.45. The summed E-state index contributed by atoms with van der Waals surface area (Å²) in [7, 11) is 0. The van der Waals surface area contributed by atoms with E-state index in [1.54, 1.807) is 6.08 Å². The molecule has 0 aliphatic rings. The quantitative estimate of drug-likeness (QED) is 0.0323. The molecule has 0 bridgehead atoms. The molecule has 57 heavy (non-hydrogen) atoms. The Morgan fingerprint density at radius 3 is 1.19 bits per heavy atom. The van der Waals surface area contributed by atoms with E-state index in [0.29, 0.717) is 19.4 Å². The second-order valence-electron chi connectivity index (χ2n) is 17.5. The van der Waals surface area contributed by atoms with Crippen LogP contribution in [0.4, 0.5) is 0 Å². The highest BCUT2D eigenvalue weighted by Gasteiger charge is 2.18. The highest BCUT2D eigenvalue weighted by Crippen LogP contribution is 2.16. The minimum Gasteiger partial charge on any atom is -0.466 e. The van der Waals surface area contributed by atoms with Crippen molar-refractivity contribution >= 4 is 11.9 Å². The van der Waals surface area contributed by atoms with Crippen LogP contribution in [-0.4, -0.2) is 47.4 Å². The maximum atomic E-state index is 12.4. The van der Waals surface area contributed by atoms with Gasteiger partial charge in [-0.05, 0) is 32.1 Å². The van der Waals surface area contributed by atoms with Crippen LogP contribution in [0.25, 0.3) is 0 Å². The zero-order valence-electron chi connectivity index (χ0n) is 38.3. The first-order chi connectivity index (χ1) is 28.0. The molecule has 0 radical (unpaired) electrons. The van der Waals surface area contributed by atoms with Gasteiger partial charge >= 0.3 is 5.97 Å². The number of hydrogen-bond donors (Lipinski definition) is 3. The molecular formula is C51H99NO5. The summed E-state index contributed by atoms with van der Waals surface area (Å²) in [5.41, 5.74) is 0. The zero-order valence-corrected chi connectivity index (χ0v) is 38.3. The Morgan fingerprint density at radius 1 is 0.474 bits per heavy atom. The lowest BCUT2D eigenvalue weighted by Gasteiger charge is -2.20. The van der Waals surface area contributed by atoms with Gasteiger partial charge in [-0.2, -0.15) is 0 Å². The molecule has 0 saturated carbocycles. The minimum absolute atomic E-state index is 0.00772. The van der Waals surface area contributed by atoms with Crippen LogP contribution in [0.5, 0.6) is 0 Å². The van der Waals surface area contributed by atoms with E-state index in [9.17, 15) is 19.8 Å². The van der Waals surface area contributed by atoms with Crippen molar-refractivity contribution in [3.8, 4) is 0 Å².